The maximum absolute atomic E-state index is 9.72. The summed E-state index contributed by atoms with van der Waals surface area (Å²) in [4.78, 5) is 14.9. The van der Waals surface area contributed by atoms with Crippen LogP contribution in [0.3, 0.4) is 0 Å². The second kappa shape index (κ2) is 12.7. The molecule has 0 aliphatic heterocycles. The highest BCUT2D eigenvalue weighted by molar-refractivity contribution is 6.21. The van der Waals surface area contributed by atoms with Crippen molar-refractivity contribution in [1.29, 1.82) is 5.26 Å². The van der Waals surface area contributed by atoms with Gasteiger partial charge in [-0.3, -0.25) is 0 Å². The molecule has 0 spiro atoms. The van der Waals surface area contributed by atoms with E-state index in [1.165, 1.54) is 60.5 Å². The Hall–Kier alpha value is -7.22. The molecule has 0 bridgehead atoms. The summed E-state index contributed by atoms with van der Waals surface area (Å²) in [5.41, 5.74) is 12.8. The molecule has 0 atom stereocenters. The average molecular weight is 703 g/mol. The van der Waals surface area contributed by atoms with Gasteiger partial charge in [0.15, 0.2) is 17.5 Å². The standard InChI is InChI=1S/C51H34N4/c1-51(2)44-29-32(31-52)21-27-40(44)41-28-26-37(30-45(41)51)47-43-20-12-10-18-39(43)38-17-9-11-19-42(38)46(47)33-22-24-36(25-23-33)50-54-48(34-13-5-3-6-14-34)53-49(55-50)35-15-7-4-8-16-35/h3-30H,1-2H3. The summed E-state index contributed by atoms with van der Waals surface area (Å²) in [5.74, 6) is 1.91. The Morgan fingerprint density at radius 2 is 0.800 bits per heavy atom. The molecule has 1 aromatic heterocycles. The smallest absolute Gasteiger partial charge is 0.164 e. The number of aromatic nitrogens is 3. The van der Waals surface area contributed by atoms with Gasteiger partial charge in [-0.2, -0.15) is 5.26 Å². The van der Waals surface area contributed by atoms with E-state index >= 15 is 0 Å². The zero-order chi connectivity index (χ0) is 37.1. The van der Waals surface area contributed by atoms with Gasteiger partial charge in [-0.05, 0) is 84.3 Å². The number of benzene rings is 8. The molecule has 55 heavy (non-hydrogen) atoms. The van der Waals surface area contributed by atoms with Crippen molar-refractivity contribution in [3.63, 3.8) is 0 Å². The third kappa shape index (κ3) is 5.32. The molecule has 258 valence electrons. The van der Waals surface area contributed by atoms with Crippen LogP contribution < -0.4 is 0 Å². The fourth-order valence-corrected chi connectivity index (χ4v) is 8.43. The number of hydrogen-bond donors (Lipinski definition) is 0. The SMILES string of the molecule is CC1(C)c2cc(C#N)ccc2-c2ccc(-c3c(-c4ccc(-c5nc(-c6ccccc6)nc(-c6ccccc6)n5)cc4)c4ccccc4c4ccccc34)cc21. The summed E-state index contributed by atoms with van der Waals surface area (Å²) in [5, 5.41) is 14.6. The van der Waals surface area contributed by atoms with Gasteiger partial charge in [-0.15, -0.1) is 0 Å². The minimum absolute atomic E-state index is 0.260. The van der Waals surface area contributed by atoms with E-state index < -0.39 is 0 Å². The van der Waals surface area contributed by atoms with Crippen molar-refractivity contribution in [1.82, 2.24) is 15.0 Å². The molecule has 4 heteroatoms. The Labute approximate surface area is 320 Å². The van der Waals surface area contributed by atoms with Gasteiger partial charge >= 0.3 is 0 Å². The topological polar surface area (TPSA) is 62.5 Å². The molecule has 0 saturated heterocycles. The van der Waals surface area contributed by atoms with Crippen LogP contribution in [0.2, 0.25) is 0 Å². The van der Waals surface area contributed by atoms with Gasteiger partial charge in [0.2, 0.25) is 0 Å². The van der Waals surface area contributed by atoms with E-state index in [4.69, 9.17) is 15.0 Å². The minimum atomic E-state index is -0.260. The Morgan fingerprint density at radius 3 is 1.33 bits per heavy atom. The Morgan fingerprint density at radius 1 is 0.400 bits per heavy atom. The maximum atomic E-state index is 9.72. The van der Waals surface area contributed by atoms with E-state index in [1.54, 1.807) is 0 Å². The zero-order valence-electron chi connectivity index (χ0n) is 30.5. The van der Waals surface area contributed by atoms with Crippen molar-refractivity contribution in [2.75, 3.05) is 0 Å². The van der Waals surface area contributed by atoms with Gasteiger partial charge in [0.1, 0.15) is 0 Å². The van der Waals surface area contributed by atoms with Crippen molar-refractivity contribution >= 4 is 21.5 Å². The van der Waals surface area contributed by atoms with E-state index in [0.29, 0.717) is 23.0 Å². The Bertz CT molecular complexity index is 2940. The summed E-state index contributed by atoms with van der Waals surface area (Å²) in [6, 6.07) is 61.7. The van der Waals surface area contributed by atoms with Crippen molar-refractivity contribution in [2.24, 2.45) is 0 Å². The molecule has 10 rings (SSSR count). The summed E-state index contributed by atoms with van der Waals surface area (Å²) in [7, 11) is 0. The van der Waals surface area contributed by atoms with E-state index in [0.717, 1.165) is 22.3 Å². The van der Waals surface area contributed by atoms with Crippen LogP contribution in [0.1, 0.15) is 30.5 Å². The van der Waals surface area contributed by atoms with Crippen molar-refractivity contribution in [3.8, 4) is 73.6 Å². The highest BCUT2D eigenvalue weighted by Crippen LogP contribution is 2.52. The first-order valence-electron chi connectivity index (χ1n) is 18.6. The Kier molecular flexibility index (Phi) is 7.50. The van der Waals surface area contributed by atoms with Crippen LogP contribution in [-0.2, 0) is 5.41 Å². The maximum Gasteiger partial charge on any atom is 0.164 e. The van der Waals surface area contributed by atoms with Gasteiger partial charge in [0.05, 0.1) is 11.6 Å². The quantitative estimate of drug-likeness (QED) is 0.168. The Balaban J connectivity index is 1.16. The predicted molar refractivity (Wildman–Crippen MR) is 224 cm³/mol. The molecule has 0 unspecified atom stereocenters. The zero-order valence-corrected chi connectivity index (χ0v) is 30.5. The van der Waals surface area contributed by atoms with Crippen LogP contribution in [0.15, 0.2) is 170 Å². The lowest BCUT2D eigenvalue weighted by atomic mass is 9.79. The van der Waals surface area contributed by atoms with Crippen LogP contribution in [0.4, 0.5) is 0 Å². The van der Waals surface area contributed by atoms with Crippen molar-refractivity contribution < 1.29 is 0 Å². The number of nitrogens with zero attached hydrogens (tertiary/aromatic N) is 4. The summed E-state index contributed by atoms with van der Waals surface area (Å²) in [6.07, 6.45) is 0. The van der Waals surface area contributed by atoms with Gasteiger partial charge in [-0.1, -0.05) is 166 Å². The van der Waals surface area contributed by atoms with Gasteiger partial charge < -0.3 is 0 Å². The monoisotopic (exact) mass is 702 g/mol. The fraction of sp³-hybridized carbons (Fsp3) is 0.0588. The third-order valence-corrected chi connectivity index (χ3v) is 11.2. The van der Waals surface area contributed by atoms with E-state index in [1.807, 2.05) is 66.7 Å². The number of fused-ring (bicyclic) bond motifs is 6. The number of nitriles is 1. The van der Waals surface area contributed by atoms with Gasteiger partial charge in [-0.25, -0.2) is 15.0 Å². The molecule has 0 fully saturated rings. The molecule has 0 saturated carbocycles. The average Bonchev–Trinajstić information content (AvgIpc) is 3.48. The molecular weight excluding hydrogens is 669 g/mol. The summed E-state index contributed by atoms with van der Waals surface area (Å²) < 4.78 is 0. The van der Waals surface area contributed by atoms with E-state index in [-0.39, 0.29) is 5.41 Å². The van der Waals surface area contributed by atoms with Gasteiger partial charge in [0.25, 0.3) is 0 Å². The summed E-state index contributed by atoms with van der Waals surface area (Å²) in [6.45, 7) is 4.54. The highest BCUT2D eigenvalue weighted by Gasteiger charge is 2.36. The minimum Gasteiger partial charge on any atom is -0.208 e. The largest absolute Gasteiger partial charge is 0.208 e. The number of rotatable bonds is 5. The highest BCUT2D eigenvalue weighted by atomic mass is 15.0. The lowest BCUT2D eigenvalue weighted by Gasteiger charge is -2.23. The normalized spacial score (nSPS) is 12.7. The van der Waals surface area contributed by atoms with Crippen molar-refractivity contribution in [3.05, 3.63) is 187 Å². The molecule has 8 aromatic carbocycles. The van der Waals surface area contributed by atoms with Crippen LogP contribution in [0.25, 0.3) is 89.1 Å². The molecule has 4 nitrogen and oxygen atoms in total. The molecule has 0 radical (unpaired) electrons. The first kappa shape index (κ1) is 32.4. The second-order valence-corrected chi connectivity index (χ2v) is 14.7. The lowest BCUT2D eigenvalue weighted by Crippen LogP contribution is -2.15. The van der Waals surface area contributed by atoms with Crippen molar-refractivity contribution in [2.45, 2.75) is 19.3 Å². The fourth-order valence-electron chi connectivity index (χ4n) is 8.43. The lowest BCUT2D eigenvalue weighted by molar-refractivity contribution is 0.660. The van der Waals surface area contributed by atoms with Gasteiger partial charge in [0, 0.05) is 22.1 Å². The molecular formula is C51H34N4. The predicted octanol–water partition coefficient (Wildman–Crippen LogP) is 12.7. The van der Waals surface area contributed by atoms with E-state index in [9.17, 15) is 5.26 Å². The summed E-state index contributed by atoms with van der Waals surface area (Å²) >= 11 is 0. The van der Waals surface area contributed by atoms with Crippen LogP contribution >= 0.6 is 0 Å². The first-order chi connectivity index (χ1) is 27.0. The first-order valence-corrected chi connectivity index (χ1v) is 18.6. The van der Waals surface area contributed by atoms with Crippen LogP contribution in [-0.4, -0.2) is 15.0 Å². The second-order valence-electron chi connectivity index (χ2n) is 14.7. The number of hydrogen-bond acceptors (Lipinski definition) is 4. The van der Waals surface area contributed by atoms with Crippen LogP contribution in [0.5, 0.6) is 0 Å². The molecule has 0 N–H and O–H groups in total. The molecule has 9 aromatic rings. The third-order valence-electron chi connectivity index (χ3n) is 11.2. The van der Waals surface area contributed by atoms with E-state index in [2.05, 4.69) is 123 Å². The van der Waals surface area contributed by atoms with Crippen LogP contribution in [0, 0.1) is 11.3 Å². The molecule has 1 aliphatic carbocycles. The molecule has 0 amide bonds. The molecule has 1 aliphatic rings. The molecule has 1 heterocycles.